The van der Waals surface area contributed by atoms with Gasteiger partial charge in [0, 0.05) is 15.9 Å². The van der Waals surface area contributed by atoms with E-state index in [4.69, 9.17) is 4.74 Å². The third-order valence-corrected chi connectivity index (χ3v) is 2.90. The fourth-order valence-corrected chi connectivity index (χ4v) is 1.95. The summed E-state index contributed by atoms with van der Waals surface area (Å²) in [6.45, 7) is 0. The molecule has 2 rings (SSSR count). The molecule has 0 saturated carbocycles. The molecule has 0 bridgehead atoms. The minimum Gasteiger partial charge on any atom is -0.496 e. The zero-order valence-corrected chi connectivity index (χ0v) is 10.3. The van der Waals surface area contributed by atoms with Gasteiger partial charge in [-0.15, -0.1) is 0 Å². The van der Waals surface area contributed by atoms with Crippen molar-refractivity contribution >= 4 is 26.8 Å². The first-order chi connectivity index (χ1) is 7.93. The standard InChI is InChI=1S/C11H7BrF3NO/c1-17-8-5-9(11(13,14)15)16-10-6(8)3-2-4-7(10)12/h2-5H,1H3. The Bertz CT molecular complexity index is 568. The summed E-state index contributed by atoms with van der Waals surface area (Å²) in [4.78, 5) is 3.60. The van der Waals surface area contributed by atoms with Gasteiger partial charge in [0.2, 0.25) is 0 Å². The number of alkyl halides is 3. The van der Waals surface area contributed by atoms with Gasteiger partial charge in [-0.2, -0.15) is 13.2 Å². The van der Waals surface area contributed by atoms with E-state index in [-0.39, 0.29) is 11.3 Å². The van der Waals surface area contributed by atoms with Crippen LogP contribution in [0, 0.1) is 0 Å². The molecule has 0 spiro atoms. The van der Waals surface area contributed by atoms with Gasteiger partial charge in [-0.3, -0.25) is 0 Å². The van der Waals surface area contributed by atoms with Crippen LogP contribution in [0.4, 0.5) is 13.2 Å². The van der Waals surface area contributed by atoms with Gasteiger partial charge in [-0.25, -0.2) is 4.98 Å². The van der Waals surface area contributed by atoms with Crippen LogP contribution in [0.1, 0.15) is 5.69 Å². The van der Waals surface area contributed by atoms with Crippen LogP contribution in [0.2, 0.25) is 0 Å². The number of rotatable bonds is 1. The molecular weight excluding hydrogens is 299 g/mol. The van der Waals surface area contributed by atoms with Crippen molar-refractivity contribution in [3.63, 3.8) is 0 Å². The van der Waals surface area contributed by atoms with E-state index >= 15 is 0 Å². The zero-order chi connectivity index (χ0) is 12.6. The molecule has 0 amide bonds. The molecular formula is C11H7BrF3NO. The predicted molar refractivity (Wildman–Crippen MR) is 61.0 cm³/mol. The molecule has 2 aromatic rings. The molecule has 0 aliphatic rings. The summed E-state index contributed by atoms with van der Waals surface area (Å²) < 4.78 is 43.3. The molecule has 0 aliphatic heterocycles. The third kappa shape index (κ3) is 2.22. The summed E-state index contributed by atoms with van der Waals surface area (Å²) in [5.74, 6) is 0.156. The van der Waals surface area contributed by atoms with E-state index in [1.54, 1.807) is 18.2 Å². The van der Waals surface area contributed by atoms with E-state index in [0.717, 1.165) is 6.07 Å². The van der Waals surface area contributed by atoms with Crippen LogP contribution in [0.15, 0.2) is 28.7 Å². The number of nitrogens with zero attached hydrogens (tertiary/aromatic N) is 1. The minimum absolute atomic E-state index is 0.156. The van der Waals surface area contributed by atoms with Gasteiger partial charge in [0.15, 0.2) is 0 Å². The number of benzene rings is 1. The van der Waals surface area contributed by atoms with Gasteiger partial charge in [0.25, 0.3) is 0 Å². The van der Waals surface area contributed by atoms with E-state index in [0.29, 0.717) is 9.86 Å². The highest BCUT2D eigenvalue weighted by molar-refractivity contribution is 9.10. The molecule has 1 heterocycles. The van der Waals surface area contributed by atoms with Crippen LogP contribution in [-0.4, -0.2) is 12.1 Å². The summed E-state index contributed by atoms with van der Waals surface area (Å²) in [5.41, 5.74) is -0.729. The van der Waals surface area contributed by atoms with Gasteiger partial charge in [0.05, 0.1) is 12.6 Å². The SMILES string of the molecule is COc1cc(C(F)(F)F)nc2c(Br)cccc12. The Hall–Kier alpha value is -1.30. The van der Waals surface area contributed by atoms with Crippen molar-refractivity contribution in [2.24, 2.45) is 0 Å². The normalized spacial score (nSPS) is 11.8. The van der Waals surface area contributed by atoms with E-state index in [2.05, 4.69) is 20.9 Å². The Morgan fingerprint density at radius 1 is 1.29 bits per heavy atom. The van der Waals surface area contributed by atoms with Gasteiger partial charge >= 0.3 is 6.18 Å². The van der Waals surface area contributed by atoms with Crippen molar-refractivity contribution in [2.75, 3.05) is 7.11 Å². The van der Waals surface area contributed by atoms with Crippen LogP contribution >= 0.6 is 15.9 Å². The lowest BCUT2D eigenvalue weighted by molar-refractivity contribution is -0.141. The average molecular weight is 306 g/mol. The lowest BCUT2D eigenvalue weighted by atomic mass is 10.2. The molecule has 0 unspecified atom stereocenters. The smallest absolute Gasteiger partial charge is 0.433 e. The molecule has 0 aliphatic carbocycles. The quantitative estimate of drug-likeness (QED) is 0.794. The number of ether oxygens (including phenoxy) is 1. The molecule has 17 heavy (non-hydrogen) atoms. The van der Waals surface area contributed by atoms with Gasteiger partial charge in [0.1, 0.15) is 11.4 Å². The second-order valence-corrected chi connectivity index (χ2v) is 4.20. The van der Waals surface area contributed by atoms with Gasteiger partial charge < -0.3 is 4.74 Å². The Balaban J connectivity index is 2.81. The first kappa shape index (κ1) is 12.2. The second kappa shape index (κ2) is 4.18. The summed E-state index contributed by atoms with van der Waals surface area (Å²) >= 11 is 3.18. The molecule has 0 fully saturated rings. The van der Waals surface area contributed by atoms with Crippen LogP contribution in [0.25, 0.3) is 10.9 Å². The van der Waals surface area contributed by atoms with Crippen molar-refractivity contribution in [3.05, 3.63) is 34.4 Å². The fraction of sp³-hybridized carbons (Fsp3) is 0.182. The van der Waals surface area contributed by atoms with E-state index < -0.39 is 11.9 Å². The molecule has 0 N–H and O–H groups in total. The van der Waals surface area contributed by atoms with E-state index in [9.17, 15) is 13.2 Å². The number of para-hydroxylation sites is 1. The largest absolute Gasteiger partial charge is 0.496 e. The van der Waals surface area contributed by atoms with Gasteiger partial charge in [-0.1, -0.05) is 6.07 Å². The number of aromatic nitrogens is 1. The first-order valence-electron chi connectivity index (χ1n) is 4.64. The van der Waals surface area contributed by atoms with E-state index in [1.165, 1.54) is 7.11 Å². The maximum Gasteiger partial charge on any atom is 0.433 e. The Kier molecular flexibility index (Phi) is 2.99. The van der Waals surface area contributed by atoms with Crippen LogP contribution < -0.4 is 4.74 Å². The molecule has 1 aromatic heterocycles. The summed E-state index contributed by atoms with van der Waals surface area (Å²) in [6.07, 6.45) is -4.49. The number of hydrogen-bond donors (Lipinski definition) is 0. The molecule has 0 atom stereocenters. The number of fused-ring (bicyclic) bond motifs is 1. The topological polar surface area (TPSA) is 22.1 Å². The molecule has 0 saturated heterocycles. The van der Waals surface area contributed by atoms with Gasteiger partial charge in [-0.05, 0) is 28.1 Å². The van der Waals surface area contributed by atoms with Crippen molar-refractivity contribution in [1.82, 2.24) is 4.98 Å². The summed E-state index contributed by atoms with van der Waals surface area (Å²) in [5, 5.41) is 0.537. The molecule has 2 nitrogen and oxygen atoms in total. The number of halogens is 4. The third-order valence-electron chi connectivity index (χ3n) is 2.26. The highest BCUT2D eigenvalue weighted by Crippen LogP contribution is 2.36. The maximum atomic E-state index is 12.6. The molecule has 1 aromatic carbocycles. The first-order valence-corrected chi connectivity index (χ1v) is 5.43. The number of pyridine rings is 1. The zero-order valence-electron chi connectivity index (χ0n) is 8.68. The van der Waals surface area contributed by atoms with E-state index in [1.807, 2.05) is 0 Å². The lowest BCUT2D eigenvalue weighted by Gasteiger charge is -2.11. The Morgan fingerprint density at radius 3 is 2.59 bits per heavy atom. The highest BCUT2D eigenvalue weighted by Gasteiger charge is 2.33. The lowest BCUT2D eigenvalue weighted by Crippen LogP contribution is -2.08. The van der Waals surface area contributed by atoms with Crippen molar-refractivity contribution in [2.45, 2.75) is 6.18 Å². The van der Waals surface area contributed by atoms with Crippen LogP contribution in [0.5, 0.6) is 5.75 Å². The van der Waals surface area contributed by atoms with Crippen molar-refractivity contribution in [1.29, 1.82) is 0 Å². The molecule has 0 radical (unpaired) electrons. The second-order valence-electron chi connectivity index (χ2n) is 3.34. The number of hydrogen-bond acceptors (Lipinski definition) is 2. The highest BCUT2D eigenvalue weighted by atomic mass is 79.9. The minimum atomic E-state index is -4.49. The van der Waals surface area contributed by atoms with Crippen LogP contribution in [-0.2, 0) is 6.18 Å². The Morgan fingerprint density at radius 2 is 2.00 bits per heavy atom. The van der Waals surface area contributed by atoms with Crippen LogP contribution in [0.3, 0.4) is 0 Å². The van der Waals surface area contributed by atoms with Crippen molar-refractivity contribution < 1.29 is 17.9 Å². The molecule has 6 heteroatoms. The predicted octanol–water partition coefficient (Wildman–Crippen LogP) is 4.02. The summed E-state index contributed by atoms with van der Waals surface area (Å²) in [6, 6.07) is 5.90. The molecule has 90 valence electrons. The monoisotopic (exact) mass is 305 g/mol. The maximum absolute atomic E-state index is 12.6. The summed E-state index contributed by atoms with van der Waals surface area (Å²) in [7, 11) is 1.33. The Labute approximate surface area is 104 Å². The average Bonchev–Trinajstić information content (AvgIpc) is 2.27. The fourth-order valence-electron chi connectivity index (χ4n) is 1.50. The number of methoxy groups -OCH3 is 1. The van der Waals surface area contributed by atoms with Crippen molar-refractivity contribution in [3.8, 4) is 5.75 Å².